The van der Waals surface area contributed by atoms with Gasteiger partial charge in [0.25, 0.3) is 15.9 Å². The lowest BCUT2D eigenvalue weighted by molar-refractivity contribution is -0.151. The summed E-state index contributed by atoms with van der Waals surface area (Å²) in [6, 6.07) is 5.89. The fourth-order valence-electron chi connectivity index (χ4n) is 3.27. The molecule has 1 aromatic carbocycles. The number of piperidine rings is 1. The third-order valence-electron chi connectivity index (χ3n) is 4.58. The Balaban J connectivity index is 1.72. The molecule has 0 unspecified atom stereocenters. The molecule has 0 aliphatic carbocycles. The van der Waals surface area contributed by atoms with E-state index in [4.69, 9.17) is 4.74 Å². The van der Waals surface area contributed by atoms with E-state index in [2.05, 4.69) is 0 Å². The van der Waals surface area contributed by atoms with Gasteiger partial charge in [-0.1, -0.05) is 12.1 Å². The number of ether oxygens (including phenoxy) is 1. The molecule has 2 aliphatic rings. The SMILES string of the molecule is CCOC(=O)[C@@H]1CCCN(C(=O)CN2C(=O)c3ccccc3S2(=O)=O)C1. The van der Waals surface area contributed by atoms with E-state index in [1.165, 1.54) is 23.1 Å². The number of carbonyl (C=O) groups is 3. The maximum Gasteiger partial charge on any atom is 0.310 e. The number of carbonyl (C=O) groups excluding carboxylic acids is 3. The summed E-state index contributed by atoms with van der Waals surface area (Å²) < 4.78 is 30.7. The van der Waals surface area contributed by atoms with E-state index in [1.54, 1.807) is 13.0 Å². The predicted molar refractivity (Wildman–Crippen MR) is 90.6 cm³/mol. The highest BCUT2D eigenvalue weighted by atomic mass is 32.2. The first kappa shape index (κ1) is 18.4. The zero-order valence-electron chi connectivity index (χ0n) is 14.4. The van der Waals surface area contributed by atoms with Crippen LogP contribution in [0.4, 0.5) is 0 Å². The number of likely N-dealkylation sites (tertiary alicyclic amines) is 1. The number of rotatable bonds is 4. The molecule has 26 heavy (non-hydrogen) atoms. The molecule has 0 aromatic heterocycles. The molecule has 1 aromatic rings. The Morgan fingerprint density at radius 1 is 1.27 bits per heavy atom. The zero-order chi connectivity index (χ0) is 18.9. The van der Waals surface area contributed by atoms with Gasteiger partial charge >= 0.3 is 5.97 Å². The van der Waals surface area contributed by atoms with Gasteiger partial charge < -0.3 is 9.64 Å². The highest BCUT2D eigenvalue weighted by Crippen LogP contribution is 2.30. The van der Waals surface area contributed by atoms with E-state index in [9.17, 15) is 22.8 Å². The van der Waals surface area contributed by atoms with Crippen LogP contribution in [0.2, 0.25) is 0 Å². The molecule has 1 atom stereocenters. The van der Waals surface area contributed by atoms with Gasteiger partial charge in [0.15, 0.2) is 0 Å². The van der Waals surface area contributed by atoms with Crippen molar-refractivity contribution in [1.82, 2.24) is 9.21 Å². The molecular formula is C17H20N2O6S. The minimum Gasteiger partial charge on any atom is -0.466 e. The van der Waals surface area contributed by atoms with Crippen LogP contribution >= 0.6 is 0 Å². The van der Waals surface area contributed by atoms with Gasteiger partial charge in [-0.05, 0) is 31.9 Å². The van der Waals surface area contributed by atoms with Crippen molar-refractivity contribution in [1.29, 1.82) is 0 Å². The standard InChI is InChI=1S/C17H20N2O6S/c1-2-25-17(22)12-6-5-9-18(10-12)15(20)11-19-16(21)13-7-3-4-8-14(13)26(19,23)24/h3-4,7-8,12H,2,5-6,9-11H2,1H3/t12-/m1/s1. The lowest BCUT2D eigenvalue weighted by Gasteiger charge is -2.32. The molecule has 2 aliphatic heterocycles. The summed E-state index contributed by atoms with van der Waals surface area (Å²) in [5.41, 5.74) is 0.0725. The number of esters is 1. The van der Waals surface area contributed by atoms with Crippen molar-refractivity contribution >= 4 is 27.8 Å². The Morgan fingerprint density at radius 3 is 2.69 bits per heavy atom. The molecule has 0 spiro atoms. The molecule has 2 heterocycles. The van der Waals surface area contributed by atoms with Crippen LogP contribution in [0.15, 0.2) is 29.2 Å². The van der Waals surface area contributed by atoms with Crippen LogP contribution in [0.1, 0.15) is 30.1 Å². The van der Waals surface area contributed by atoms with Gasteiger partial charge in [0.2, 0.25) is 5.91 Å². The minimum absolute atomic E-state index is 0.0725. The van der Waals surface area contributed by atoms with Crippen LogP contribution in [0.5, 0.6) is 0 Å². The molecule has 9 heteroatoms. The third-order valence-corrected chi connectivity index (χ3v) is 6.37. The number of nitrogens with zero attached hydrogens (tertiary/aromatic N) is 2. The molecular weight excluding hydrogens is 360 g/mol. The van der Waals surface area contributed by atoms with E-state index in [1.807, 2.05) is 0 Å². The Kier molecular flexibility index (Phi) is 4.99. The smallest absolute Gasteiger partial charge is 0.310 e. The fraction of sp³-hybridized carbons (Fsp3) is 0.471. The second-order valence-corrected chi connectivity index (χ2v) is 8.07. The van der Waals surface area contributed by atoms with Crippen molar-refractivity contribution in [2.75, 3.05) is 26.2 Å². The van der Waals surface area contributed by atoms with E-state index in [0.717, 1.165) is 0 Å². The van der Waals surface area contributed by atoms with Gasteiger partial charge in [-0.25, -0.2) is 12.7 Å². The second kappa shape index (κ2) is 7.06. The van der Waals surface area contributed by atoms with Crippen LogP contribution in [-0.4, -0.2) is 61.6 Å². The lowest BCUT2D eigenvalue weighted by Crippen LogP contribution is -2.47. The molecule has 0 N–H and O–H groups in total. The largest absolute Gasteiger partial charge is 0.466 e. The minimum atomic E-state index is -4.02. The fourth-order valence-corrected chi connectivity index (χ4v) is 4.78. The summed E-state index contributed by atoms with van der Waals surface area (Å²) in [5.74, 6) is -1.98. The van der Waals surface area contributed by atoms with Crippen molar-refractivity contribution in [2.24, 2.45) is 5.92 Å². The molecule has 8 nitrogen and oxygen atoms in total. The molecule has 0 bridgehead atoms. The first-order valence-corrected chi connectivity index (χ1v) is 9.90. The van der Waals surface area contributed by atoms with E-state index >= 15 is 0 Å². The number of hydrogen-bond donors (Lipinski definition) is 0. The average Bonchev–Trinajstić information content (AvgIpc) is 2.83. The highest BCUT2D eigenvalue weighted by molar-refractivity contribution is 7.90. The Labute approximate surface area is 151 Å². The van der Waals surface area contributed by atoms with Gasteiger partial charge in [0, 0.05) is 13.1 Å². The zero-order valence-corrected chi connectivity index (χ0v) is 15.2. The van der Waals surface area contributed by atoms with E-state index < -0.39 is 34.3 Å². The van der Waals surface area contributed by atoms with Crippen molar-refractivity contribution in [3.8, 4) is 0 Å². The van der Waals surface area contributed by atoms with Crippen molar-refractivity contribution in [2.45, 2.75) is 24.7 Å². The average molecular weight is 380 g/mol. The topological polar surface area (TPSA) is 101 Å². The molecule has 1 fully saturated rings. The van der Waals surface area contributed by atoms with Gasteiger partial charge in [0.05, 0.1) is 18.1 Å². The first-order chi connectivity index (χ1) is 12.4. The number of hydrogen-bond acceptors (Lipinski definition) is 6. The summed E-state index contributed by atoms with van der Waals surface area (Å²) in [6.45, 7) is 2.01. The summed E-state index contributed by atoms with van der Waals surface area (Å²) in [7, 11) is -4.02. The third kappa shape index (κ3) is 3.18. The van der Waals surface area contributed by atoms with Gasteiger partial charge in [-0.15, -0.1) is 0 Å². The quantitative estimate of drug-likeness (QED) is 0.710. The van der Waals surface area contributed by atoms with Crippen LogP contribution in [0.25, 0.3) is 0 Å². The van der Waals surface area contributed by atoms with Crippen molar-refractivity contribution < 1.29 is 27.5 Å². The Hall–Kier alpha value is -2.42. The lowest BCUT2D eigenvalue weighted by atomic mass is 9.98. The maximum atomic E-state index is 12.6. The van der Waals surface area contributed by atoms with E-state index in [0.29, 0.717) is 23.7 Å². The Morgan fingerprint density at radius 2 is 2.00 bits per heavy atom. The molecule has 140 valence electrons. The van der Waals surface area contributed by atoms with Gasteiger partial charge in [-0.2, -0.15) is 0 Å². The summed E-state index contributed by atoms with van der Waals surface area (Å²) in [6.07, 6.45) is 1.24. The van der Waals surface area contributed by atoms with Crippen LogP contribution in [0, 0.1) is 5.92 Å². The maximum absolute atomic E-state index is 12.6. The summed E-state index contributed by atoms with van der Waals surface area (Å²) >= 11 is 0. The number of fused-ring (bicyclic) bond motifs is 1. The summed E-state index contributed by atoms with van der Waals surface area (Å²) in [5, 5.41) is 0. The van der Waals surface area contributed by atoms with E-state index in [-0.39, 0.29) is 29.6 Å². The van der Waals surface area contributed by atoms with Gasteiger partial charge in [-0.3, -0.25) is 14.4 Å². The molecule has 3 rings (SSSR count). The Bertz CT molecular complexity index is 851. The number of benzene rings is 1. The van der Waals surface area contributed by atoms with Gasteiger partial charge in [0.1, 0.15) is 11.4 Å². The summed E-state index contributed by atoms with van der Waals surface area (Å²) in [4.78, 5) is 38.2. The molecule has 0 radical (unpaired) electrons. The van der Waals surface area contributed by atoms with Crippen molar-refractivity contribution in [3.05, 3.63) is 29.8 Å². The molecule has 1 saturated heterocycles. The number of sulfonamides is 1. The number of amides is 2. The highest BCUT2D eigenvalue weighted by Gasteiger charge is 2.42. The molecule has 2 amide bonds. The monoisotopic (exact) mass is 380 g/mol. The van der Waals surface area contributed by atoms with Crippen molar-refractivity contribution in [3.63, 3.8) is 0 Å². The van der Waals surface area contributed by atoms with Crippen LogP contribution in [-0.2, 0) is 24.3 Å². The van der Waals surface area contributed by atoms with Crippen LogP contribution in [0.3, 0.4) is 0 Å². The predicted octanol–water partition coefficient (Wildman–Crippen LogP) is 0.633. The first-order valence-electron chi connectivity index (χ1n) is 8.46. The second-order valence-electron chi connectivity index (χ2n) is 6.24. The molecule has 0 saturated carbocycles. The normalized spacial score (nSPS) is 21.4. The van der Waals surface area contributed by atoms with Crippen LogP contribution < -0.4 is 0 Å².